The van der Waals surface area contributed by atoms with Crippen LogP contribution in [0, 0.1) is 25.2 Å². The molecule has 0 saturated heterocycles. The third-order valence-corrected chi connectivity index (χ3v) is 3.39. The fourth-order valence-electron chi connectivity index (χ4n) is 2.40. The highest BCUT2D eigenvalue weighted by Crippen LogP contribution is 2.26. The minimum absolute atomic E-state index is 0.265. The van der Waals surface area contributed by atoms with Crippen molar-refractivity contribution in [3.63, 3.8) is 0 Å². The Morgan fingerprint density at radius 1 is 1.39 bits per heavy atom. The van der Waals surface area contributed by atoms with Gasteiger partial charge in [0.25, 0.3) is 0 Å². The largest absolute Gasteiger partial charge is 0.383 e. The molecule has 1 aromatic rings. The van der Waals surface area contributed by atoms with Gasteiger partial charge in [-0.2, -0.15) is 0 Å². The third-order valence-electron chi connectivity index (χ3n) is 3.39. The normalized spacial score (nSPS) is 20.9. The van der Waals surface area contributed by atoms with E-state index in [0.29, 0.717) is 5.92 Å². The molecule has 1 unspecified atom stereocenters. The summed E-state index contributed by atoms with van der Waals surface area (Å²) in [5.41, 5.74) is 3.85. The van der Waals surface area contributed by atoms with Crippen LogP contribution in [-0.4, -0.2) is 12.3 Å². The summed E-state index contributed by atoms with van der Waals surface area (Å²) in [6, 6.07) is 8.73. The Kier molecular flexibility index (Phi) is 4.41. The number of aryl methyl sites for hydroxylation is 1. The molecule has 1 atom stereocenters. The lowest BCUT2D eigenvalue weighted by molar-refractivity contribution is 0.177. The van der Waals surface area contributed by atoms with Gasteiger partial charge in [0.15, 0.2) is 6.61 Å². The van der Waals surface area contributed by atoms with Gasteiger partial charge in [-0.3, -0.25) is 0 Å². The quantitative estimate of drug-likeness (QED) is 0.450. The van der Waals surface area contributed by atoms with E-state index in [4.69, 9.17) is 11.3 Å². The first kappa shape index (κ1) is 12.7. The number of terminal acetylenes is 1. The van der Waals surface area contributed by atoms with Gasteiger partial charge < -0.3 is 4.84 Å². The van der Waals surface area contributed by atoms with Crippen LogP contribution < -0.4 is 0 Å². The highest BCUT2D eigenvalue weighted by molar-refractivity contribution is 5.88. The first-order chi connectivity index (χ1) is 8.79. The standard InChI is InChI=1S/C16H19NO/c1-3-11-18-17-16-6-4-5-15(16)12-14-9-7-13(2)8-10-14/h1,7-10,15H,4-6,11-12H2,2H3. The Labute approximate surface area is 109 Å². The molecule has 2 nitrogen and oxygen atoms in total. The van der Waals surface area contributed by atoms with Gasteiger partial charge in [-0.25, -0.2) is 0 Å². The van der Waals surface area contributed by atoms with E-state index in [1.807, 2.05) is 0 Å². The van der Waals surface area contributed by atoms with Crippen LogP contribution in [0.2, 0.25) is 0 Å². The lowest BCUT2D eigenvalue weighted by atomic mass is 9.96. The van der Waals surface area contributed by atoms with Crippen molar-refractivity contribution < 1.29 is 4.84 Å². The average Bonchev–Trinajstić information content (AvgIpc) is 2.80. The van der Waals surface area contributed by atoms with E-state index in [2.05, 4.69) is 42.3 Å². The van der Waals surface area contributed by atoms with Gasteiger partial charge in [0.2, 0.25) is 0 Å². The lowest BCUT2D eigenvalue weighted by Crippen LogP contribution is -2.11. The van der Waals surface area contributed by atoms with Gasteiger partial charge in [0.05, 0.1) is 5.71 Å². The molecule has 0 heterocycles. The topological polar surface area (TPSA) is 21.6 Å². The van der Waals surface area contributed by atoms with E-state index in [1.54, 1.807) is 0 Å². The second-order valence-corrected chi connectivity index (χ2v) is 4.84. The molecule has 18 heavy (non-hydrogen) atoms. The van der Waals surface area contributed by atoms with Crippen LogP contribution >= 0.6 is 0 Å². The van der Waals surface area contributed by atoms with Crippen molar-refractivity contribution in [2.24, 2.45) is 11.1 Å². The number of rotatable bonds is 4. The molecule has 0 amide bonds. The van der Waals surface area contributed by atoms with Crippen LogP contribution in [0.3, 0.4) is 0 Å². The van der Waals surface area contributed by atoms with Gasteiger partial charge in [-0.15, -0.1) is 6.42 Å². The number of hydrogen-bond acceptors (Lipinski definition) is 2. The van der Waals surface area contributed by atoms with E-state index in [9.17, 15) is 0 Å². The highest BCUT2D eigenvalue weighted by atomic mass is 16.6. The zero-order valence-corrected chi connectivity index (χ0v) is 10.9. The van der Waals surface area contributed by atoms with Crippen molar-refractivity contribution in [1.29, 1.82) is 0 Å². The minimum Gasteiger partial charge on any atom is -0.383 e. The number of hydrogen-bond donors (Lipinski definition) is 0. The van der Waals surface area contributed by atoms with Crippen molar-refractivity contribution in [3.8, 4) is 12.3 Å². The summed E-state index contributed by atoms with van der Waals surface area (Å²) < 4.78 is 0. The molecule has 1 saturated carbocycles. The van der Waals surface area contributed by atoms with Crippen molar-refractivity contribution in [3.05, 3.63) is 35.4 Å². The summed E-state index contributed by atoms with van der Waals surface area (Å²) in [5.74, 6) is 2.95. The molecule has 2 rings (SSSR count). The molecule has 0 N–H and O–H groups in total. The van der Waals surface area contributed by atoms with Crippen LogP contribution in [0.5, 0.6) is 0 Å². The van der Waals surface area contributed by atoms with E-state index in [1.165, 1.54) is 29.7 Å². The Bertz CT molecular complexity index is 453. The Balaban J connectivity index is 1.97. The maximum absolute atomic E-state index is 5.14. The van der Waals surface area contributed by atoms with Gasteiger partial charge >= 0.3 is 0 Å². The molecule has 0 spiro atoms. The number of oxime groups is 1. The predicted molar refractivity (Wildman–Crippen MR) is 74.4 cm³/mol. The van der Waals surface area contributed by atoms with Crippen molar-refractivity contribution >= 4 is 5.71 Å². The number of benzene rings is 1. The van der Waals surface area contributed by atoms with Crippen LogP contribution in [0.25, 0.3) is 0 Å². The summed E-state index contributed by atoms with van der Waals surface area (Å²) in [6.07, 6.45) is 9.64. The Morgan fingerprint density at radius 2 is 2.17 bits per heavy atom. The molecular weight excluding hydrogens is 222 g/mol. The summed E-state index contributed by atoms with van der Waals surface area (Å²) in [6.45, 7) is 2.38. The molecule has 1 aliphatic rings. The maximum atomic E-state index is 5.14. The van der Waals surface area contributed by atoms with Gasteiger partial charge in [-0.1, -0.05) is 40.9 Å². The highest BCUT2D eigenvalue weighted by Gasteiger charge is 2.23. The summed E-state index contributed by atoms with van der Waals surface area (Å²) in [5, 5.41) is 4.18. The second kappa shape index (κ2) is 6.26. The van der Waals surface area contributed by atoms with E-state index in [0.717, 1.165) is 12.8 Å². The zero-order chi connectivity index (χ0) is 12.8. The molecule has 0 radical (unpaired) electrons. The lowest BCUT2D eigenvalue weighted by Gasteiger charge is -2.10. The van der Waals surface area contributed by atoms with Crippen LogP contribution in [-0.2, 0) is 11.3 Å². The fraction of sp³-hybridized carbons (Fsp3) is 0.438. The summed E-state index contributed by atoms with van der Waals surface area (Å²) in [7, 11) is 0. The predicted octanol–water partition coefficient (Wildman–Crippen LogP) is 3.34. The zero-order valence-electron chi connectivity index (χ0n) is 10.9. The van der Waals surface area contributed by atoms with Gasteiger partial charge in [0, 0.05) is 5.92 Å². The van der Waals surface area contributed by atoms with Crippen LogP contribution in [0.4, 0.5) is 0 Å². The molecule has 0 bridgehead atoms. The smallest absolute Gasteiger partial charge is 0.177 e. The Morgan fingerprint density at radius 3 is 2.89 bits per heavy atom. The first-order valence-electron chi connectivity index (χ1n) is 6.47. The first-order valence-corrected chi connectivity index (χ1v) is 6.47. The third kappa shape index (κ3) is 3.37. The molecule has 94 valence electrons. The summed E-state index contributed by atoms with van der Waals surface area (Å²) >= 11 is 0. The monoisotopic (exact) mass is 241 g/mol. The van der Waals surface area contributed by atoms with Crippen molar-refractivity contribution in [2.45, 2.75) is 32.6 Å². The van der Waals surface area contributed by atoms with Crippen LogP contribution in [0.15, 0.2) is 29.4 Å². The Hall–Kier alpha value is -1.75. The van der Waals surface area contributed by atoms with Crippen molar-refractivity contribution in [2.75, 3.05) is 6.61 Å². The van der Waals surface area contributed by atoms with E-state index in [-0.39, 0.29) is 6.61 Å². The SMILES string of the molecule is C#CCON=C1CCCC1Cc1ccc(C)cc1. The molecule has 2 heteroatoms. The molecule has 1 fully saturated rings. The molecule has 1 aromatic carbocycles. The second-order valence-electron chi connectivity index (χ2n) is 4.84. The summed E-state index contributed by atoms with van der Waals surface area (Å²) in [4.78, 5) is 5.11. The molecule has 0 aliphatic heterocycles. The minimum atomic E-state index is 0.265. The molecular formula is C16H19NO. The molecule has 1 aliphatic carbocycles. The average molecular weight is 241 g/mol. The fourth-order valence-corrected chi connectivity index (χ4v) is 2.40. The maximum Gasteiger partial charge on any atom is 0.177 e. The van der Waals surface area contributed by atoms with E-state index < -0.39 is 0 Å². The van der Waals surface area contributed by atoms with Gasteiger partial charge in [0.1, 0.15) is 0 Å². The van der Waals surface area contributed by atoms with Crippen LogP contribution in [0.1, 0.15) is 30.4 Å². The van der Waals surface area contributed by atoms with Crippen molar-refractivity contribution in [1.82, 2.24) is 0 Å². The number of nitrogens with zero attached hydrogens (tertiary/aromatic N) is 1. The van der Waals surface area contributed by atoms with E-state index >= 15 is 0 Å². The van der Waals surface area contributed by atoms with Gasteiger partial charge in [-0.05, 0) is 38.2 Å². The molecule has 0 aromatic heterocycles.